The van der Waals surface area contributed by atoms with Gasteiger partial charge in [0.25, 0.3) is 0 Å². The fraction of sp³-hybridized carbons (Fsp3) is 0.444. The van der Waals surface area contributed by atoms with Crippen LogP contribution >= 0.6 is 0 Å². The Morgan fingerprint density at radius 1 is 1.64 bits per heavy atom. The number of ether oxygens (including phenoxy) is 1. The quantitative estimate of drug-likeness (QED) is 0.351. The summed E-state index contributed by atoms with van der Waals surface area (Å²) in [6.45, 7) is 5.08. The molecule has 0 aromatic heterocycles. The maximum Gasteiger partial charge on any atom is 0.338 e. The van der Waals surface area contributed by atoms with Gasteiger partial charge in [0.1, 0.15) is 0 Å². The van der Waals surface area contributed by atoms with Crippen molar-refractivity contribution in [2.24, 2.45) is 5.92 Å². The van der Waals surface area contributed by atoms with Crippen molar-refractivity contribution in [2.45, 2.75) is 19.8 Å². The van der Waals surface area contributed by atoms with Crippen molar-refractivity contribution in [3.63, 3.8) is 0 Å². The number of allylic oxidation sites excluding steroid dienone is 1. The van der Waals surface area contributed by atoms with E-state index in [0.29, 0.717) is 11.5 Å². The Morgan fingerprint density at radius 2 is 2.27 bits per heavy atom. The molecule has 0 N–H and O–H groups in total. The lowest BCUT2D eigenvalue weighted by Crippen LogP contribution is -2.00. The average Bonchev–Trinajstić information content (AvgIpc) is 2.72. The van der Waals surface area contributed by atoms with E-state index >= 15 is 0 Å². The molecule has 1 fully saturated rings. The summed E-state index contributed by atoms with van der Waals surface area (Å²) in [4.78, 5) is 10.9. The van der Waals surface area contributed by atoms with Crippen LogP contribution in [0.15, 0.2) is 24.5 Å². The highest BCUT2D eigenvalue weighted by atomic mass is 16.5. The zero-order valence-corrected chi connectivity index (χ0v) is 6.67. The largest absolute Gasteiger partial charge is 0.432 e. The summed E-state index contributed by atoms with van der Waals surface area (Å²) >= 11 is 0. The molecule has 2 heteroatoms. The number of carbonyl (C=O) groups excluding carboxylic acids is 1. The lowest BCUT2D eigenvalue weighted by molar-refractivity contribution is -0.133. The molecule has 0 aliphatic heterocycles. The van der Waals surface area contributed by atoms with Gasteiger partial charge in [-0.05, 0) is 25.7 Å². The van der Waals surface area contributed by atoms with Gasteiger partial charge in [-0.2, -0.15) is 0 Å². The molecule has 0 bridgehead atoms. The van der Waals surface area contributed by atoms with Crippen LogP contribution in [0.4, 0.5) is 0 Å². The van der Waals surface area contributed by atoms with Crippen molar-refractivity contribution < 1.29 is 9.53 Å². The Morgan fingerprint density at radius 3 is 2.73 bits per heavy atom. The Bertz CT molecular complexity index is 200. The Kier molecular flexibility index (Phi) is 2.47. The molecule has 60 valence electrons. The second-order valence-electron chi connectivity index (χ2n) is 2.76. The highest BCUT2D eigenvalue weighted by Crippen LogP contribution is 2.31. The van der Waals surface area contributed by atoms with E-state index in [1.165, 1.54) is 12.8 Å². The molecule has 0 saturated heterocycles. The molecule has 0 aromatic carbocycles. The fourth-order valence-electron chi connectivity index (χ4n) is 0.853. The summed E-state index contributed by atoms with van der Waals surface area (Å²) in [5.74, 6) is 0.333. The molecular weight excluding hydrogens is 140 g/mol. The van der Waals surface area contributed by atoms with E-state index < -0.39 is 0 Å². The third kappa shape index (κ3) is 2.58. The predicted molar refractivity (Wildman–Crippen MR) is 42.8 cm³/mol. The van der Waals surface area contributed by atoms with E-state index in [2.05, 4.69) is 11.3 Å². The smallest absolute Gasteiger partial charge is 0.338 e. The number of rotatable bonds is 3. The van der Waals surface area contributed by atoms with Gasteiger partial charge in [-0.3, -0.25) is 0 Å². The van der Waals surface area contributed by atoms with Crippen molar-refractivity contribution in [3.05, 3.63) is 24.5 Å². The molecule has 1 aliphatic carbocycles. The van der Waals surface area contributed by atoms with Gasteiger partial charge in [0.15, 0.2) is 0 Å². The van der Waals surface area contributed by atoms with Crippen LogP contribution < -0.4 is 0 Å². The highest BCUT2D eigenvalue weighted by molar-refractivity contribution is 5.88. The standard InChI is InChI=1S/C9H12O2/c1-3-11-9(10)7(2)6-8-4-5-8/h3,6,8H,1,4-5H2,2H3. The fourth-order valence-corrected chi connectivity index (χ4v) is 0.853. The first-order valence-corrected chi connectivity index (χ1v) is 3.74. The van der Waals surface area contributed by atoms with Gasteiger partial charge in [-0.25, -0.2) is 4.79 Å². The predicted octanol–water partition coefficient (Wildman–Crippen LogP) is 2.03. The second kappa shape index (κ2) is 3.37. The molecule has 1 aliphatic rings. The molecule has 0 unspecified atom stereocenters. The molecule has 0 amide bonds. The number of hydrogen-bond donors (Lipinski definition) is 0. The van der Waals surface area contributed by atoms with Crippen LogP contribution in [-0.4, -0.2) is 5.97 Å². The van der Waals surface area contributed by atoms with Crippen LogP contribution in [0.25, 0.3) is 0 Å². The lowest BCUT2D eigenvalue weighted by atomic mass is 10.2. The minimum absolute atomic E-state index is 0.285. The summed E-state index contributed by atoms with van der Waals surface area (Å²) in [7, 11) is 0. The van der Waals surface area contributed by atoms with Crippen molar-refractivity contribution in [2.75, 3.05) is 0 Å². The van der Waals surface area contributed by atoms with Crippen LogP contribution in [0, 0.1) is 5.92 Å². The van der Waals surface area contributed by atoms with Crippen LogP contribution in [-0.2, 0) is 9.53 Å². The maximum atomic E-state index is 10.9. The van der Waals surface area contributed by atoms with Gasteiger partial charge in [0, 0.05) is 5.57 Å². The number of esters is 1. The average molecular weight is 152 g/mol. The third-order valence-electron chi connectivity index (χ3n) is 1.62. The molecule has 0 atom stereocenters. The van der Waals surface area contributed by atoms with Crippen LogP contribution in [0.5, 0.6) is 0 Å². The van der Waals surface area contributed by atoms with Gasteiger partial charge in [-0.15, -0.1) is 0 Å². The summed E-state index contributed by atoms with van der Waals surface area (Å²) in [5, 5.41) is 0. The highest BCUT2D eigenvalue weighted by Gasteiger charge is 2.19. The Hall–Kier alpha value is -1.05. The second-order valence-corrected chi connectivity index (χ2v) is 2.76. The van der Waals surface area contributed by atoms with E-state index in [9.17, 15) is 4.79 Å². The zero-order chi connectivity index (χ0) is 8.27. The molecule has 1 saturated carbocycles. The molecule has 0 radical (unpaired) electrons. The molecule has 0 spiro atoms. The van der Waals surface area contributed by atoms with Crippen LogP contribution in [0.2, 0.25) is 0 Å². The van der Waals surface area contributed by atoms with Gasteiger partial charge < -0.3 is 4.74 Å². The van der Waals surface area contributed by atoms with E-state index in [0.717, 1.165) is 6.26 Å². The minimum Gasteiger partial charge on any atom is -0.432 e. The van der Waals surface area contributed by atoms with Crippen molar-refractivity contribution in [3.8, 4) is 0 Å². The molecule has 0 aromatic rings. The number of carbonyl (C=O) groups is 1. The summed E-state index contributed by atoms with van der Waals surface area (Å²) in [6, 6.07) is 0. The summed E-state index contributed by atoms with van der Waals surface area (Å²) in [6.07, 6.45) is 5.54. The summed E-state index contributed by atoms with van der Waals surface area (Å²) in [5.41, 5.74) is 0.687. The van der Waals surface area contributed by atoms with Crippen molar-refractivity contribution in [1.82, 2.24) is 0 Å². The third-order valence-corrected chi connectivity index (χ3v) is 1.62. The van der Waals surface area contributed by atoms with E-state index in [-0.39, 0.29) is 5.97 Å². The molecular formula is C9H12O2. The monoisotopic (exact) mass is 152 g/mol. The Labute approximate surface area is 66.5 Å². The van der Waals surface area contributed by atoms with E-state index in [4.69, 9.17) is 0 Å². The maximum absolute atomic E-state index is 10.9. The normalized spacial score (nSPS) is 17.7. The Balaban J connectivity index is 2.43. The van der Waals surface area contributed by atoms with Crippen LogP contribution in [0.1, 0.15) is 19.8 Å². The van der Waals surface area contributed by atoms with Gasteiger partial charge in [0.2, 0.25) is 0 Å². The molecule has 1 rings (SSSR count). The number of hydrogen-bond acceptors (Lipinski definition) is 2. The topological polar surface area (TPSA) is 26.3 Å². The van der Waals surface area contributed by atoms with Gasteiger partial charge in [-0.1, -0.05) is 12.7 Å². The first-order valence-electron chi connectivity index (χ1n) is 3.74. The van der Waals surface area contributed by atoms with E-state index in [1.54, 1.807) is 6.92 Å². The van der Waals surface area contributed by atoms with E-state index in [1.807, 2.05) is 6.08 Å². The van der Waals surface area contributed by atoms with Crippen LogP contribution in [0.3, 0.4) is 0 Å². The summed E-state index contributed by atoms with van der Waals surface area (Å²) < 4.78 is 4.59. The minimum atomic E-state index is -0.285. The SMILES string of the molecule is C=COC(=O)C(C)=CC1CC1. The van der Waals surface area contributed by atoms with Crippen molar-refractivity contribution in [1.29, 1.82) is 0 Å². The first kappa shape index (κ1) is 8.05. The zero-order valence-electron chi connectivity index (χ0n) is 6.67. The first-order chi connectivity index (χ1) is 5.24. The van der Waals surface area contributed by atoms with Gasteiger partial charge in [0.05, 0.1) is 6.26 Å². The van der Waals surface area contributed by atoms with Crippen molar-refractivity contribution >= 4 is 5.97 Å². The lowest BCUT2D eigenvalue weighted by Gasteiger charge is -1.96. The van der Waals surface area contributed by atoms with Gasteiger partial charge >= 0.3 is 5.97 Å². The molecule has 2 nitrogen and oxygen atoms in total. The molecule has 0 heterocycles. The molecule has 11 heavy (non-hydrogen) atoms.